The normalized spacial score (nSPS) is 24.9. The molecule has 120 valence electrons. The molecule has 1 heterocycles. The molecular formula is C15H31ClN2O2. The number of carbonyl (C=O) groups is 1. The van der Waals surface area contributed by atoms with Crippen LogP contribution >= 0.6 is 12.4 Å². The van der Waals surface area contributed by atoms with E-state index in [1.54, 1.807) is 0 Å². The standard InChI is InChI=1S/C15H30N2O2.ClH/c1-10(2)13(18)15(4,5)9-17-14(19)12-6-7-16-11(3)8-12;/h10-13,16,18H,6-9H2,1-5H3,(H,17,19);1H/t11-,12-,13?;/m0./s1. The predicted octanol–water partition coefficient (Wildman–Crippen LogP) is 1.96. The molecule has 1 fully saturated rings. The molecule has 1 saturated heterocycles. The zero-order chi connectivity index (χ0) is 14.6. The molecule has 5 heteroatoms. The SMILES string of the molecule is CC(C)C(O)C(C)(C)CNC(=O)[C@H]1CCN[C@@H](C)C1.Cl. The van der Waals surface area contributed by atoms with Crippen LogP contribution in [0, 0.1) is 17.3 Å². The molecule has 0 bridgehead atoms. The summed E-state index contributed by atoms with van der Waals surface area (Å²) in [5.41, 5.74) is -0.289. The first-order valence-corrected chi connectivity index (χ1v) is 7.43. The van der Waals surface area contributed by atoms with E-state index in [2.05, 4.69) is 17.6 Å². The van der Waals surface area contributed by atoms with Crippen LogP contribution in [0.3, 0.4) is 0 Å². The van der Waals surface area contributed by atoms with Crippen molar-refractivity contribution in [2.75, 3.05) is 13.1 Å². The molecule has 3 N–H and O–H groups in total. The van der Waals surface area contributed by atoms with Crippen molar-refractivity contribution in [1.82, 2.24) is 10.6 Å². The maximum absolute atomic E-state index is 12.2. The Morgan fingerprint density at radius 1 is 1.45 bits per heavy atom. The summed E-state index contributed by atoms with van der Waals surface area (Å²) in [5, 5.41) is 16.5. The van der Waals surface area contributed by atoms with E-state index < -0.39 is 6.10 Å². The monoisotopic (exact) mass is 306 g/mol. The summed E-state index contributed by atoms with van der Waals surface area (Å²) >= 11 is 0. The number of amides is 1. The molecule has 0 aromatic rings. The van der Waals surface area contributed by atoms with Gasteiger partial charge in [-0.05, 0) is 32.2 Å². The van der Waals surface area contributed by atoms with E-state index in [0.717, 1.165) is 19.4 Å². The Labute approximate surface area is 129 Å². The van der Waals surface area contributed by atoms with Gasteiger partial charge in [-0.3, -0.25) is 4.79 Å². The third-order valence-electron chi connectivity index (χ3n) is 4.14. The van der Waals surface area contributed by atoms with Gasteiger partial charge in [0.2, 0.25) is 5.91 Å². The molecule has 1 rings (SSSR count). The second-order valence-corrected chi connectivity index (χ2v) is 6.97. The third-order valence-corrected chi connectivity index (χ3v) is 4.14. The van der Waals surface area contributed by atoms with Crippen LogP contribution in [-0.4, -0.2) is 36.2 Å². The van der Waals surface area contributed by atoms with Crippen molar-refractivity contribution in [2.45, 2.75) is 59.6 Å². The van der Waals surface area contributed by atoms with Crippen molar-refractivity contribution in [1.29, 1.82) is 0 Å². The Bertz CT molecular complexity index is 308. The van der Waals surface area contributed by atoms with E-state index in [9.17, 15) is 9.90 Å². The molecule has 3 atom stereocenters. The summed E-state index contributed by atoms with van der Waals surface area (Å²) in [7, 11) is 0. The molecule has 0 saturated carbocycles. The third kappa shape index (κ3) is 5.58. The number of hydrogen-bond donors (Lipinski definition) is 3. The molecule has 1 amide bonds. The van der Waals surface area contributed by atoms with Gasteiger partial charge >= 0.3 is 0 Å². The number of aliphatic hydroxyl groups is 1. The Balaban J connectivity index is 0.00000361. The molecule has 0 aromatic carbocycles. The lowest BCUT2D eigenvalue weighted by molar-refractivity contribution is -0.127. The van der Waals surface area contributed by atoms with Gasteiger partial charge in [0.05, 0.1) is 6.10 Å². The predicted molar refractivity (Wildman–Crippen MR) is 85.1 cm³/mol. The van der Waals surface area contributed by atoms with Crippen molar-refractivity contribution >= 4 is 18.3 Å². The van der Waals surface area contributed by atoms with Crippen molar-refractivity contribution in [2.24, 2.45) is 17.3 Å². The highest BCUT2D eigenvalue weighted by Crippen LogP contribution is 2.25. The Morgan fingerprint density at radius 2 is 2.05 bits per heavy atom. The maximum atomic E-state index is 12.2. The summed E-state index contributed by atoms with van der Waals surface area (Å²) in [4.78, 5) is 12.2. The molecular weight excluding hydrogens is 276 g/mol. The minimum Gasteiger partial charge on any atom is -0.392 e. The molecule has 0 spiro atoms. The smallest absolute Gasteiger partial charge is 0.223 e. The first-order chi connectivity index (χ1) is 8.74. The number of halogens is 1. The van der Waals surface area contributed by atoms with Crippen LogP contribution in [-0.2, 0) is 4.79 Å². The van der Waals surface area contributed by atoms with E-state index in [4.69, 9.17) is 0 Å². The molecule has 0 aliphatic carbocycles. The van der Waals surface area contributed by atoms with E-state index in [1.807, 2.05) is 27.7 Å². The molecule has 4 nitrogen and oxygen atoms in total. The highest BCUT2D eigenvalue weighted by Gasteiger charge is 2.32. The number of piperidine rings is 1. The number of hydrogen-bond acceptors (Lipinski definition) is 3. The maximum Gasteiger partial charge on any atom is 0.223 e. The van der Waals surface area contributed by atoms with Crippen LogP contribution in [0.1, 0.15) is 47.5 Å². The Morgan fingerprint density at radius 3 is 2.55 bits per heavy atom. The van der Waals surface area contributed by atoms with Crippen LogP contribution in [0.25, 0.3) is 0 Å². The summed E-state index contributed by atoms with van der Waals surface area (Å²) < 4.78 is 0. The first-order valence-electron chi connectivity index (χ1n) is 7.43. The summed E-state index contributed by atoms with van der Waals surface area (Å²) in [5.74, 6) is 0.450. The number of carbonyl (C=O) groups excluding carboxylic acids is 1. The quantitative estimate of drug-likeness (QED) is 0.727. The average molecular weight is 307 g/mol. The highest BCUT2D eigenvalue weighted by atomic mass is 35.5. The van der Waals surface area contributed by atoms with Crippen LogP contribution in [0.5, 0.6) is 0 Å². The largest absolute Gasteiger partial charge is 0.392 e. The van der Waals surface area contributed by atoms with Crippen LogP contribution in [0.4, 0.5) is 0 Å². The van der Waals surface area contributed by atoms with Gasteiger partial charge in [0, 0.05) is 23.9 Å². The van der Waals surface area contributed by atoms with Gasteiger partial charge < -0.3 is 15.7 Å². The fourth-order valence-electron chi connectivity index (χ4n) is 2.84. The van der Waals surface area contributed by atoms with E-state index in [-0.39, 0.29) is 35.6 Å². The van der Waals surface area contributed by atoms with Gasteiger partial charge in [-0.25, -0.2) is 0 Å². The molecule has 20 heavy (non-hydrogen) atoms. The number of nitrogens with one attached hydrogen (secondary N) is 2. The van der Waals surface area contributed by atoms with E-state index in [0.29, 0.717) is 12.6 Å². The van der Waals surface area contributed by atoms with E-state index >= 15 is 0 Å². The molecule has 1 aliphatic rings. The first kappa shape index (κ1) is 19.7. The summed E-state index contributed by atoms with van der Waals surface area (Å²) in [6, 6.07) is 0.416. The van der Waals surface area contributed by atoms with Gasteiger partial charge in [-0.1, -0.05) is 27.7 Å². The minimum absolute atomic E-state index is 0. The topological polar surface area (TPSA) is 61.4 Å². The number of rotatable bonds is 5. The highest BCUT2D eigenvalue weighted by molar-refractivity contribution is 5.85. The van der Waals surface area contributed by atoms with Crippen molar-refractivity contribution in [3.8, 4) is 0 Å². The van der Waals surface area contributed by atoms with E-state index in [1.165, 1.54) is 0 Å². The molecule has 1 aliphatic heterocycles. The minimum atomic E-state index is -0.403. The zero-order valence-electron chi connectivity index (χ0n) is 13.4. The fourth-order valence-corrected chi connectivity index (χ4v) is 2.84. The van der Waals surface area contributed by atoms with Gasteiger partial charge in [0.25, 0.3) is 0 Å². The van der Waals surface area contributed by atoms with Crippen LogP contribution in [0.2, 0.25) is 0 Å². The van der Waals surface area contributed by atoms with Crippen molar-refractivity contribution in [3.05, 3.63) is 0 Å². The van der Waals surface area contributed by atoms with Gasteiger partial charge in [-0.2, -0.15) is 0 Å². The molecule has 1 unspecified atom stereocenters. The lowest BCUT2D eigenvalue weighted by Crippen LogP contribution is -2.47. The summed E-state index contributed by atoms with van der Waals surface area (Å²) in [6.45, 7) is 11.6. The number of aliphatic hydroxyl groups excluding tert-OH is 1. The Kier molecular flexibility index (Phi) is 8.07. The van der Waals surface area contributed by atoms with Gasteiger partial charge in [0.15, 0.2) is 0 Å². The molecule has 0 radical (unpaired) electrons. The van der Waals surface area contributed by atoms with Crippen molar-refractivity contribution in [3.63, 3.8) is 0 Å². The average Bonchev–Trinajstić information content (AvgIpc) is 2.35. The van der Waals surface area contributed by atoms with Gasteiger partial charge in [0.1, 0.15) is 0 Å². The second kappa shape index (κ2) is 8.20. The second-order valence-electron chi connectivity index (χ2n) is 6.97. The molecule has 0 aromatic heterocycles. The van der Waals surface area contributed by atoms with Crippen LogP contribution < -0.4 is 10.6 Å². The van der Waals surface area contributed by atoms with Crippen LogP contribution in [0.15, 0.2) is 0 Å². The summed E-state index contributed by atoms with van der Waals surface area (Å²) in [6.07, 6.45) is 1.40. The van der Waals surface area contributed by atoms with Crippen molar-refractivity contribution < 1.29 is 9.90 Å². The van der Waals surface area contributed by atoms with Gasteiger partial charge in [-0.15, -0.1) is 12.4 Å². The fraction of sp³-hybridized carbons (Fsp3) is 0.933. The zero-order valence-corrected chi connectivity index (χ0v) is 14.2. The lowest BCUT2D eigenvalue weighted by atomic mass is 9.80. The Hall–Kier alpha value is -0.320. The lowest BCUT2D eigenvalue weighted by Gasteiger charge is -2.34.